The number of hydrogen-bond donors (Lipinski definition) is 1. The van der Waals surface area contributed by atoms with E-state index in [1.165, 1.54) is 0 Å². The molecule has 0 radical (unpaired) electrons. The topological polar surface area (TPSA) is 48.5 Å². The van der Waals surface area contributed by atoms with E-state index in [4.69, 9.17) is 0 Å². The number of aromatic nitrogens is 1. The van der Waals surface area contributed by atoms with Crippen LogP contribution in [-0.4, -0.2) is 60.5 Å². The maximum absolute atomic E-state index is 12.6. The molecule has 20 heavy (non-hydrogen) atoms. The molecule has 2 rings (SSSR count). The second kappa shape index (κ2) is 6.70. The van der Waals surface area contributed by atoms with Crippen molar-refractivity contribution in [3.05, 3.63) is 23.4 Å². The molecule has 1 aromatic heterocycles. The second-order valence-corrected chi connectivity index (χ2v) is 5.36. The monoisotopic (exact) mass is 276 g/mol. The van der Waals surface area contributed by atoms with E-state index >= 15 is 0 Å². The smallest absolute Gasteiger partial charge is 0.254 e. The van der Waals surface area contributed by atoms with Gasteiger partial charge in [0.2, 0.25) is 0 Å². The van der Waals surface area contributed by atoms with E-state index in [-0.39, 0.29) is 5.91 Å². The number of pyridine rings is 1. The molecule has 110 valence electrons. The van der Waals surface area contributed by atoms with Crippen molar-refractivity contribution in [2.45, 2.75) is 20.3 Å². The van der Waals surface area contributed by atoms with Gasteiger partial charge in [0.15, 0.2) is 0 Å². The molecule has 5 heteroatoms. The van der Waals surface area contributed by atoms with Gasteiger partial charge < -0.3 is 15.1 Å². The lowest BCUT2D eigenvalue weighted by Crippen LogP contribution is -2.34. The van der Waals surface area contributed by atoms with E-state index < -0.39 is 0 Å². The van der Waals surface area contributed by atoms with E-state index in [0.29, 0.717) is 0 Å². The number of carbonyl (C=O) groups excluding carboxylic acids is 1. The molecule has 1 aromatic rings. The highest BCUT2D eigenvalue weighted by Gasteiger charge is 2.19. The van der Waals surface area contributed by atoms with Crippen molar-refractivity contribution in [3.8, 4) is 0 Å². The second-order valence-electron chi connectivity index (χ2n) is 5.36. The predicted molar refractivity (Wildman–Crippen MR) is 81.2 cm³/mol. The molecule has 2 heterocycles. The van der Waals surface area contributed by atoms with E-state index in [1.54, 1.807) is 0 Å². The van der Waals surface area contributed by atoms with E-state index in [1.807, 2.05) is 30.9 Å². The summed E-state index contributed by atoms with van der Waals surface area (Å²) in [4.78, 5) is 21.2. The summed E-state index contributed by atoms with van der Waals surface area (Å²) >= 11 is 0. The highest BCUT2D eigenvalue weighted by molar-refractivity contribution is 5.95. The van der Waals surface area contributed by atoms with Crippen LogP contribution < -0.4 is 5.32 Å². The Bertz CT molecular complexity index is 475. The molecule has 1 saturated heterocycles. The number of likely N-dealkylation sites (N-methyl/N-ethyl adjacent to an activating group) is 1. The summed E-state index contributed by atoms with van der Waals surface area (Å²) in [6.07, 6.45) is 1.03. The first-order valence-corrected chi connectivity index (χ1v) is 7.30. The lowest BCUT2D eigenvalue weighted by Gasteiger charge is -2.21. The molecular weight excluding hydrogens is 252 g/mol. The third-order valence-corrected chi connectivity index (χ3v) is 3.56. The lowest BCUT2D eigenvalue weighted by molar-refractivity contribution is 0.0762. The van der Waals surface area contributed by atoms with Gasteiger partial charge in [-0.1, -0.05) is 0 Å². The van der Waals surface area contributed by atoms with E-state index in [9.17, 15) is 4.79 Å². The molecule has 1 N–H and O–H groups in total. The van der Waals surface area contributed by atoms with Crippen LogP contribution in [0.2, 0.25) is 0 Å². The van der Waals surface area contributed by atoms with Crippen LogP contribution in [0, 0.1) is 6.92 Å². The number of anilines is 1. The molecule has 0 unspecified atom stereocenters. The van der Waals surface area contributed by atoms with Gasteiger partial charge in [0.05, 0.1) is 0 Å². The molecule has 0 atom stereocenters. The van der Waals surface area contributed by atoms with Crippen LogP contribution in [0.3, 0.4) is 0 Å². The maximum atomic E-state index is 12.6. The number of carbonyl (C=O) groups is 1. The third-order valence-electron chi connectivity index (χ3n) is 3.56. The highest BCUT2D eigenvalue weighted by atomic mass is 16.2. The van der Waals surface area contributed by atoms with E-state index in [0.717, 1.165) is 56.2 Å². The largest absolute Gasteiger partial charge is 0.370 e. The third kappa shape index (κ3) is 3.70. The summed E-state index contributed by atoms with van der Waals surface area (Å²) in [6, 6.07) is 3.73. The van der Waals surface area contributed by atoms with Crippen molar-refractivity contribution in [3.63, 3.8) is 0 Å². The Morgan fingerprint density at radius 2 is 2.10 bits per heavy atom. The average Bonchev–Trinajstić information content (AvgIpc) is 2.62. The van der Waals surface area contributed by atoms with Gasteiger partial charge in [-0.15, -0.1) is 0 Å². The Kier molecular flexibility index (Phi) is 4.95. The average molecular weight is 276 g/mol. The predicted octanol–water partition coefficient (Wildman–Crippen LogP) is 1.60. The number of rotatable bonds is 3. The number of nitrogens with one attached hydrogen (secondary N) is 1. The summed E-state index contributed by atoms with van der Waals surface area (Å²) < 4.78 is 0. The molecule has 1 aliphatic rings. The number of nitrogens with zero attached hydrogens (tertiary/aromatic N) is 3. The highest BCUT2D eigenvalue weighted by Crippen LogP contribution is 2.14. The first-order valence-electron chi connectivity index (χ1n) is 7.30. The number of aryl methyl sites for hydroxylation is 1. The summed E-state index contributed by atoms with van der Waals surface area (Å²) in [5.74, 6) is 0.896. The molecule has 0 spiro atoms. The van der Waals surface area contributed by atoms with Crippen molar-refractivity contribution in [2.24, 2.45) is 0 Å². The summed E-state index contributed by atoms with van der Waals surface area (Å²) in [6.45, 7) is 8.38. The minimum atomic E-state index is 0.116. The van der Waals surface area contributed by atoms with Crippen molar-refractivity contribution in [2.75, 3.05) is 45.1 Å². The first-order chi connectivity index (χ1) is 9.60. The summed E-state index contributed by atoms with van der Waals surface area (Å²) in [5.41, 5.74) is 1.61. The van der Waals surface area contributed by atoms with Crippen LogP contribution in [0.15, 0.2) is 12.1 Å². The standard InChI is InChI=1S/C15H24N4O/c1-4-16-14-11-13(10-12(2)17-14)15(20)19-7-5-6-18(3)8-9-19/h10-11H,4-9H2,1-3H3,(H,16,17). The molecular formula is C15H24N4O. The van der Waals surface area contributed by atoms with Gasteiger partial charge in [0.1, 0.15) is 5.82 Å². The Labute approximate surface area is 121 Å². The molecule has 0 aromatic carbocycles. The lowest BCUT2D eigenvalue weighted by atomic mass is 10.2. The van der Waals surface area contributed by atoms with Crippen LogP contribution in [-0.2, 0) is 0 Å². The van der Waals surface area contributed by atoms with Gasteiger partial charge >= 0.3 is 0 Å². The molecule has 5 nitrogen and oxygen atoms in total. The van der Waals surface area contributed by atoms with Crippen LogP contribution in [0.25, 0.3) is 0 Å². The summed E-state index contributed by atoms with van der Waals surface area (Å²) in [7, 11) is 2.10. The van der Waals surface area contributed by atoms with Gasteiger partial charge in [-0.2, -0.15) is 0 Å². The fourth-order valence-electron chi connectivity index (χ4n) is 2.50. The Hall–Kier alpha value is -1.62. The van der Waals surface area contributed by atoms with Gasteiger partial charge in [0, 0.05) is 37.4 Å². The molecule has 1 amide bonds. The van der Waals surface area contributed by atoms with Crippen LogP contribution >= 0.6 is 0 Å². The fraction of sp³-hybridized carbons (Fsp3) is 0.600. The minimum Gasteiger partial charge on any atom is -0.370 e. The van der Waals surface area contributed by atoms with E-state index in [2.05, 4.69) is 22.2 Å². The quantitative estimate of drug-likeness (QED) is 0.911. The van der Waals surface area contributed by atoms with Crippen molar-refractivity contribution in [1.29, 1.82) is 0 Å². The van der Waals surface area contributed by atoms with Gasteiger partial charge in [-0.25, -0.2) is 4.98 Å². The zero-order valence-corrected chi connectivity index (χ0v) is 12.6. The van der Waals surface area contributed by atoms with Crippen molar-refractivity contribution < 1.29 is 4.79 Å². The maximum Gasteiger partial charge on any atom is 0.254 e. The normalized spacial score (nSPS) is 16.9. The fourth-order valence-corrected chi connectivity index (χ4v) is 2.50. The van der Waals surface area contributed by atoms with Crippen LogP contribution in [0.5, 0.6) is 0 Å². The minimum absolute atomic E-state index is 0.116. The SMILES string of the molecule is CCNc1cc(C(=O)N2CCCN(C)CC2)cc(C)n1. The Morgan fingerprint density at radius 3 is 2.85 bits per heavy atom. The van der Waals surface area contributed by atoms with Crippen molar-refractivity contribution in [1.82, 2.24) is 14.8 Å². The summed E-state index contributed by atoms with van der Waals surface area (Å²) in [5, 5.41) is 3.18. The molecule has 0 saturated carbocycles. The Morgan fingerprint density at radius 1 is 1.30 bits per heavy atom. The molecule has 1 aliphatic heterocycles. The molecule has 0 bridgehead atoms. The first kappa shape index (κ1) is 14.8. The molecule has 1 fully saturated rings. The number of amides is 1. The van der Waals surface area contributed by atoms with Gasteiger partial charge in [-0.05, 0) is 46.0 Å². The van der Waals surface area contributed by atoms with Crippen LogP contribution in [0.4, 0.5) is 5.82 Å². The zero-order chi connectivity index (χ0) is 14.5. The van der Waals surface area contributed by atoms with Crippen LogP contribution in [0.1, 0.15) is 29.4 Å². The Balaban J connectivity index is 2.15. The number of hydrogen-bond acceptors (Lipinski definition) is 4. The van der Waals surface area contributed by atoms with Gasteiger partial charge in [0.25, 0.3) is 5.91 Å². The van der Waals surface area contributed by atoms with Gasteiger partial charge in [-0.3, -0.25) is 4.79 Å². The molecule has 0 aliphatic carbocycles. The van der Waals surface area contributed by atoms with Crippen molar-refractivity contribution >= 4 is 11.7 Å². The zero-order valence-electron chi connectivity index (χ0n) is 12.6.